The van der Waals surface area contributed by atoms with E-state index in [4.69, 9.17) is 0 Å². The summed E-state index contributed by atoms with van der Waals surface area (Å²) in [7, 11) is -3.16. The maximum absolute atomic E-state index is 12.1. The lowest BCUT2D eigenvalue weighted by Gasteiger charge is -2.36. The molecule has 0 aliphatic carbocycles. The predicted octanol–water partition coefficient (Wildman–Crippen LogP) is -0.206. The summed E-state index contributed by atoms with van der Waals surface area (Å²) in [6, 6.07) is -0.471. The van der Waals surface area contributed by atoms with Crippen LogP contribution in [0, 0.1) is 5.92 Å². The Balaban J connectivity index is 2.71. The number of carbonyl (C=O) groups is 2. The first kappa shape index (κ1) is 15.9. The largest absolute Gasteiger partial charge is 0.353 e. The Morgan fingerprint density at radius 2 is 2.11 bits per heavy atom. The van der Waals surface area contributed by atoms with Gasteiger partial charge in [0.2, 0.25) is 11.8 Å². The first-order valence-corrected chi connectivity index (χ1v) is 8.51. The molecule has 1 heterocycles. The molecule has 1 atom stereocenters. The van der Waals surface area contributed by atoms with Crippen LogP contribution in [-0.4, -0.2) is 56.3 Å². The van der Waals surface area contributed by atoms with Crippen molar-refractivity contribution in [3.8, 4) is 0 Å². The summed E-state index contributed by atoms with van der Waals surface area (Å²) >= 11 is 0. The molecule has 0 aromatic heterocycles. The summed E-state index contributed by atoms with van der Waals surface area (Å²) in [4.78, 5) is 25.4. The standard InChI is InChI=1S/C12H22N2O4S/c1-9(2)8-10-12(16)13-5-6-14(10)11(15)4-7-19(3,17)18/h9-10H,4-8H2,1-3H3,(H,13,16)/t10-/m0/s1. The summed E-state index contributed by atoms with van der Waals surface area (Å²) in [5.74, 6) is -0.282. The van der Waals surface area contributed by atoms with E-state index in [0.717, 1.165) is 6.26 Å². The normalized spacial score (nSPS) is 20.5. The quantitative estimate of drug-likeness (QED) is 0.759. The van der Waals surface area contributed by atoms with E-state index in [2.05, 4.69) is 5.32 Å². The zero-order chi connectivity index (χ0) is 14.6. The summed E-state index contributed by atoms with van der Waals surface area (Å²) in [6.45, 7) is 4.85. The zero-order valence-corrected chi connectivity index (χ0v) is 12.5. The Morgan fingerprint density at radius 3 is 2.63 bits per heavy atom. The van der Waals surface area contributed by atoms with Crippen molar-refractivity contribution in [3.63, 3.8) is 0 Å². The van der Waals surface area contributed by atoms with Crippen LogP contribution >= 0.6 is 0 Å². The molecule has 19 heavy (non-hydrogen) atoms. The summed E-state index contributed by atoms with van der Waals surface area (Å²) in [6.07, 6.45) is 1.64. The van der Waals surface area contributed by atoms with E-state index >= 15 is 0 Å². The third-order valence-electron chi connectivity index (χ3n) is 3.03. The second-order valence-electron chi connectivity index (χ2n) is 5.40. The van der Waals surface area contributed by atoms with Crippen LogP contribution in [0.15, 0.2) is 0 Å². The van der Waals surface area contributed by atoms with Crippen molar-refractivity contribution in [1.29, 1.82) is 0 Å². The fourth-order valence-electron chi connectivity index (χ4n) is 2.11. The zero-order valence-electron chi connectivity index (χ0n) is 11.7. The van der Waals surface area contributed by atoms with Crippen molar-refractivity contribution in [1.82, 2.24) is 10.2 Å². The van der Waals surface area contributed by atoms with E-state index in [1.54, 1.807) is 0 Å². The maximum Gasteiger partial charge on any atom is 0.242 e. The van der Waals surface area contributed by atoms with Gasteiger partial charge in [0.05, 0.1) is 5.75 Å². The maximum atomic E-state index is 12.1. The van der Waals surface area contributed by atoms with Crippen LogP contribution in [0.25, 0.3) is 0 Å². The fourth-order valence-corrected chi connectivity index (χ4v) is 2.66. The third-order valence-corrected chi connectivity index (χ3v) is 3.98. The molecule has 1 N–H and O–H groups in total. The number of hydrogen-bond acceptors (Lipinski definition) is 4. The molecule has 0 aromatic carbocycles. The smallest absolute Gasteiger partial charge is 0.242 e. The lowest BCUT2D eigenvalue weighted by molar-refractivity contribution is -0.143. The predicted molar refractivity (Wildman–Crippen MR) is 72.3 cm³/mol. The number of piperazine rings is 1. The highest BCUT2D eigenvalue weighted by molar-refractivity contribution is 7.90. The number of rotatable bonds is 5. The van der Waals surface area contributed by atoms with Crippen LogP contribution in [0.3, 0.4) is 0 Å². The van der Waals surface area contributed by atoms with E-state index < -0.39 is 15.9 Å². The molecule has 0 unspecified atom stereocenters. The Morgan fingerprint density at radius 1 is 1.47 bits per heavy atom. The van der Waals surface area contributed by atoms with Gasteiger partial charge in [-0.3, -0.25) is 9.59 Å². The topological polar surface area (TPSA) is 83.6 Å². The van der Waals surface area contributed by atoms with Crippen molar-refractivity contribution >= 4 is 21.7 Å². The SMILES string of the molecule is CC(C)C[C@H]1C(=O)NCCN1C(=O)CCS(C)(=O)=O. The number of amides is 2. The Labute approximate surface area is 114 Å². The number of sulfone groups is 1. The summed E-state index contributed by atoms with van der Waals surface area (Å²) < 4.78 is 22.2. The molecule has 2 amide bonds. The van der Waals surface area contributed by atoms with Gasteiger partial charge in [-0.2, -0.15) is 0 Å². The molecule has 110 valence electrons. The minimum Gasteiger partial charge on any atom is -0.353 e. The molecular formula is C12H22N2O4S. The van der Waals surface area contributed by atoms with Crippen LogP contribution in [0.2, 0.25) is 0 Å². The van der Waals surface area contributed by atoms with Gasteiger partial charge in [-0.25, -0.2) is 8.42 Å². The molecule has 1 rings (SSSR count). The minimum absolute atomic E-state index is 0.0549. The van der Waals surface area contributed by atoms with Crippen molar-refractivity contribution in [2.24, 2.45) is 5.92 Å². The first-order valence-electron chi connectivity index (χ1n) is 6.45. The summed E-state index contributed by atoms with van der Waals surface area (Å²) in [5, 5.41) is 2.74. The molecular weight excluding hydrogens is 268 g/mol. The van der Waals surface area contributed by atoms with Crippen molar-refractivity contribution in [2.75, 3.05) is 25.1 Å². The van der Waals surface area contributed by atoms with Gasteiger partial charge < -0.3 is 10.2 Å². The Hall–Kier alpha value is -1.11. The van der Waals surface area contributed by atoms with Gasteiger partial charge in [-0.05, 0) is 12.3 Å². The fraction of sp³-hybridized carbons (Fsp3) is 0.833. The molecule has 7 heteroatoms. The molecule has 1 saturated heterocycles. The number of nitrogens with one attached hydrogen (secondary N) is 1. The second-order valence-corrected chi connectivity index (χ2v) is 7.66. The van der Waals surface area contributed by atoms with Crippen molar-refractivity contribution in [3.05, 3.63) is 0 Å². The van der Waals surface area contributed by atoms with Crippen LogP contribution < -0.4 is 5.32 Å². The number of nitrogens with zero attached hydrogens (tertiary/aromatic N) is 1. The monoisotopic (exact) mass is 290 g/mol. The first-order chi connectivity index (χ1) is 8.70. The Kier molecular flexibility index (Phi) is 5.34. The minimum atomic E-state index is -3.16. The number of hydrogen-bond donors (Lipinski definition) is 1. The second kappa shape index (κ2) is 6.36. The van der Waals surface area contributed by atoms with E-state index in [-0.39, 0.29) is 24.0 Å². The number of carbonyl (C=O) groups excluding carboxylic acids is 2. The van der Waals surface area contributed by atoms with Gasteiger partial charge in [-0.1, -0.05) is 13.8 Å². The van der Waals surface area contributed by atoms with Crippen molar-refractivity contribution < 1.29 is 18.0 Å². The lowest BCUT2D eigenvalue weighted by atomic mass is 10.00. The van der Waals surface area contributed by atoms with Crippen LogP contribution in [0.1, 0.15) is 26.7 Å². The van der Waals surface area contributed by atoms with Crippen LogP contribution in [0.5, 0.6) is 0 Å². The molecule has 1 aliphatic rings. The molecule has 6 nitrogen and oxygen atoms in total. The highest BCUT2D eigenvalue weighted by Gasteiger charge is 2.33. The average molecular weight is 290 g/mol. The molecule has 0 aromatic rings. The van der Waals surface area contributed by atoms with Crippen LogP contribution in [0.4, 0.5) is 0 Å². The molecule has 1 aliphatic heterocycles. The van der Waals surface area contributed by atoms with E-state index in [9.17, 15) is 18.0 Å². The third kappa shape index (κ3) is 5.18. The average Bonchev–Trinajstić information content (AvgIpc) is 2.27. The highest BCUT2D eigenvalue weighted by atomic mass is 32.2. The van der Waals surface area contributed by atoms with Gasteiger partial charge in [-0.15, -0.1) is 0 Å². The van der Waals surface area contributed by atoms with E-state index in [1.807, 2.05) is 13.8 Å². The van der Waals surface area contributed by atoms with E-state index in [0.29, 0.717) is 25.4 Å². The lowest BCUT2D eigenvalue weighted by Crippen LogP contribution is -2.57. The summed E-state index contributed by atoms with van der Waals surface area (Å²) in [5.41, 5.74) is 0. The van der Waals surface area contributed by atoms with Gasteiger partial charge in [0.25, 0.3) is 0 Å². The molecule has 0 saturated carbocycles. The van der Waals surface area contributed by atoms with Crippen molar-refractivity contribution in [2.45, 2.75) is 32.7 Å². The van der Waals surface area contributed by atoms with Gasteiger partial charge in [0, 0.05) is 25.8 Å². The Bertz CT molecular complexity index is 445. The highest BCUT2D eigenvalue weighted by Crippen LogP contribution is 2.15. The van der Waals surface area contributed by atoms with Gasteiger partial charge >= 0.3 is 0 Å². The van der Waals surface area contributed by atoms with Gasteiger partial charge in [0.1, 0.15) is 15.9 Å². The van der Waals surface area contributed by atoms with Gasteiger partial charge in [0.15, 0.2) is 0 Å². The molecule has 0 radical (unpaired) electrons. The molecule has 0 spiro atoms. The molecule has 1 fully saturated rings. The van der Waals surface area contributed by atoms with E-state index in [1.165, 1.54) is 4.90 Å². The molecule has 0 bridgehead atoms. The van der Waals surface area contributed by atoms with Crippen LogP contribution in [-0.2, 0) is 19.4 Å².